The van der Waals surface area contributed by atoms with Crippen LogP contribution in [0.4, 0.5) is 5.69 Å². The maximum atomic E-state index is 13.0. The van der Waals surface area contributed by atoms with Gasteiger partial charge in [-0.3, -0.25) is 4.79 Å². The normalized spacial score (nSPS) is 19.0. The van der Waals surface area contributed by atoms with Gasteiger partial charge in [0.05, 0.1) is 31.4 Å². The third kappa shape index (κ3) is 2.89. The van der Waals surface area contributed by atoms with Crippen LogP contribution in [0.3, 0.4) is 0 Å². The van der Waals surface area contributed by atoms with E-state index in [-0.39, 0.29) is 18.0 Å². The number of carbonyl (C=O) groups is 1. The molecule has 0 aromatic heterocycles. The third-order valence-electron chi connectivity index (χ3n) is 4.31. The summed E-state index contributed by atoms with van der Waals surface area (Å²) in [5.41, 5.74) is 7.98. The lowest BCUT2D eigenvalue weighted by molar-refractivity contribution is 0.0862. The Kier molecular flexibility index (Phi) is 4.34. The number of amides is 1. The highest BCUT2D eigenvalue weighted by Crippen LogP contribution is 2.45. The van der Waals surface area contributed by atoms with Crippen LogP contribution in [-0.2, 0) is 0 Å². The van der Waals surface area contributed by atoms with Gasteiger partial charge in [0.15, 0.2) is 0 Å². The monoisotopic (exact) mass is 326 g/mol. The van der Waals surface area contributed by atoms with Crippen molar-refractivity contribution in [1.82, 2.24) is 4.90 Å². The molecule has 2 aromatic carbocycles. The molecule has 1 aliphatic heterocycles. The minimum atomic E-state index is -0.0638. The second kappa shape index (κ2) is 6.43. The molecule has 1 fully saturated rings. The molecule has 5 nitrogen and oxygen atoms in total. The number of nitrogens with zero attached hydrogens (tertiary/aromatic N) is 1. The van der Waals surface area contributed by atoms with Crippen molar-refractivity contribution in [2.75, 3.05) is 19.5 Å². The second-order valence-corrected chi connectivity index (χ2v) is 5.86. The van der Waals surface area contributed by atoms with Crippen LogP contribution < -0.4 is 15.2 Å². The van der Waals surface area contributed by atoms with Gasteiger partial charge in [0.1, 0.15) is 11.5 Å². The topological polar surface area (TPSA) is 64.6 Å². The molecule has 0 radical (unpaired) electrons. The predicted molar refractivity (Wildman–Crippen MR) is 93.4 cm³/mol. The molecule has 126 valence electrons. The maximum absolute atomic E-state index is 13.0. The number of nitrogen functional groups attached to an aromatic ring is 1. The van der Waals surface area contributed by atoms with Crippen LogP contribution in [0.2, 0.25) is 0 Å². The highest BCUT2D eigenvalue weighted by molar-refractivity contribution is 6.00. The van der Waals surface area contributed by atoms with Gasteiger partial charge in [-0.2, -0.15) is 0 Å². The fourth-order valence-electron chi connectivity index (χ4n) is 3.06. The summed E-state index contributed by atoms with van der Waals surface area (Å²) in [6.07, 6.45) is 0. The molecule has 2 unspecified atom stereocenters. The molecular formula is C19H22N2O3. The molecule has 2 atom stereocenters. The Labute approximate surface area is 142 Å². The van der Waals surface area contributed by atoms with Crippen molar-refractivity contribution in [3.05, 3.63) is 53.6 Å². The van der Waals surface area contributed by atoms with Gasteiger partial charge < -0.3 is 20.1 Å². The van der Waals surface area contributed by atoms with Gasteiger partial charge in [-0.1, -0.05) is 12.1 Å². The van der Waals surface area contributed by atoms with Crippen molar-refractivity contribution in [2.24, 2.45) is 0 Å². The van der Waals surface area contributed by atoms with E-state index in [2.05, 4.69) is 0 Å². The number of ether oxygens (including phenoxy) is 2. The summed E-state index contributed by atoms with van der Waals surface area (Å²) < 4.78 is 10.9. The van der Waals surface area contributed by atoms with E-state index in [1.54, 1.807) is 25.3 Å². The quantitative estimate of drug-likeness (QED) is 0.676. The van der Waals surface area contributed by atoms with Gasteiger partial charge in [-0.15, -0.1) is 0 Å². The molecule has 1 heterocycles. The molecule has 2 aromatic rings. The van der Waals surface area contributed by atoms with Gasteiger partial charge in [-0.25, -0.2) is 0 Å². The van der Waals surface area contributed by atoms with Gasteiger partial charge in [0.25, 0.3) is 5.91 Å². The third-order valence-corrected chi connectivity index (χ3v) is 4.31. The fourth-order valence-corrected chi connectivity index (χ4v) is 3.06. The van der Waals surface area contributed by atoms with Crippen molar-refractivity contribution >= 4 is 11.6 Å². The number of methoxy groups -OCH3 is 1. The molecule has 24 heavy (non-hydrogen) atoms. The number of nitrogens with two attached hydrogens (primary N) is 1. The zero-order chi connectivity index (χ0) is 17.3. The van der Waals surface area contributed by atoms with Crippen molar-refractivity contribution in [3.63, 3.8) is 0 Å². The van der Waals surface area contributed by atoms with Crippen LogP contribution in [0.5, 0.6) is 11.5 Å². The first-order valence-corrected chi connectivity index (χ1v) is 8.05. The summed E-state index contributed by atoms with van der Waals surface area (Å²) in [6, 6.07) is 13.2. The molecule has 1 aliphatic rings. The molecule has 1 amide bonds. The first-order valence-electron chi connectivity index (χ1n) is 8.05. The first kappa shape index (κ1) is 16.2. The van der Waals surface area contributed by atoms with E-state index in [9.17, 15) is 4.79 Å². The first-order chi connectivity index (χ1) is 11.6. The Bertz CT molecular complexity index is 760. The summed E-state index contributed by atoms with van der Waals surface area (Å²) in [5, 5.41) is 0. The van der Waals surface area contributed by atoms with Gasteiger partial charge in [-0.05, 0) is 49.7 Å². The number of hydrogen-bond donors (Lipinski definition) is 1. The Hall–Kier alpha value is -2.69. The molecule has 0 saturated carbocycles. The zero-order valence-electron chi connectivity index (χ0n) is 14.2. The minimum absolute atomic E-state index is 0.0449. The van der Waals surface area contributed by atoms with E-state index < -0.39 is 0 Å². The summed E-state index contributed by atoms with van der Waals surface area (Å²) in [4.78, 5) is 14.8. The lowest BCUT2D eigenvalue weighted by Crippen LogP contribution is -2.15. The SMILES string of the molecule is CCOc1ccc(N)cc1C(=O)N1C(C)C1c1cccc(OC)c1. The second-order valence-electron chi connectivity index (χ2n) is 5.86. The lowest BCUT2D eigenvalue weighted by Gasteiger charge is -2.12. The minimum Gasteiger partial charge on any atom is -0.497 e. The van der Waals surface area contributed by atoms with Crippen molar-refractivity contribution in [3.8, 4) is 11.5 Å². The predicted octanol–water partition coefficient (Wildman–Crippen LogP) is 3.26. The summed E-state index contributed by atoms with van der Waals surface area (Å²) in [7, 11) is 1.64. The zero-order valence-corrected chi connectivity index (χ0v) is 14.2. The Morgan fingerprint density at radius 3 is 2.75 bits per heavy atom. The number of benzene rings is 2. The Balaban J connectivity index is 1.87. The summed E-state index contributed by atoms with van der Waals surface area (Å²) >= 11 is 0. The highest BCUT2D eigenvalue weighted by atomic mass is 16.5. The molecule has 2 N–H and O–H groups in total. The van der Waals surface area contributed by atoms with E-state index in [1.165, 1.54) is 0 Å². The number of rotatable bonds is 5. The average Bonchev–Trinajstić information content (AvgIpc) is 3.27. The number of carbonyl (C=O) groups excluding carboxylic acids is 1. The Morgan fingerprint density at radius 1 is 1.25 bits per heavy atom. The van der Waals surface area contributed by atoms with Crippen LogP contribution in [0.15, 0.2) is 42.5 Å². The van der Waals surface area contributed by atoms with Gasteiger partial charge in [0.2, 0.25) is 0 Å². The van der Waals surface area contributed by atoms with Crippen LogP contribution in [-0.4, -0.2) is 30.6 Å². The van der Waals surface area contributed by atoms with Crippen molar-refractivity contribution < 1.29 is 14.3 Å². The van der Waals surface area contributed by atoms with Crippen LogP contribution in [0, 0.1) is 0 Å². The Morgan fingerprint density at radius 2 is 2.04 bits per heavy atom. The molecular weight excluding hydrogens is 304 g/mol. The highest BCUT2D eigenvalue weighted by Gasteiger charge is 2.49. The summed E-state index contributed by atoms with van der Waals surface area (Å²) in [6.45, 7) is 4.43. The average molecular weight is 326 g/mol. The molecule has 0 bridgehead atoms. The molecule has 5 heteroatoms. The molecule has 3 rings (SSSR count). The lowest BCUT2D eigenvalue weighted by atomic mass is 10.1. The van der Waals surface area contributed by atoms with Crippen molar-refractivity contribution in [1.29, 1.82) is 0 Å². The van der Waals surface area contributed by atoms with Crippen molar-refractivity contribution in [2.45, 2.75) is 25.9 Å². The standard InChI is InChI=1S/C19H22N2O3/c1-4-24-17-9-8-14(20)11-16(17)19(22)21-12(2)18(21)13-6-5-7-15(10-13)23-3/h5-12,18H,4,20H2,1-3H3. The largest absolute Gasteiger partial charge is 0.497 e. The smallest absolute Gasteiger partial charge is 0.258 e. The number of anilines is 1. The summed E-state index contributed by atoms with van der Waals surface area (Å²) in [5.74, 6) is 1.30. The fraction of sp³-hybridized carbons (Fsp3) is 0.316. The van der Waals surface area contributed by atoms with Gasteiger partial charge in [0, 0.05) is 5.69 Å². The van der Waals surface area contributed by atoms with Crippen LogP contribution >= 0.6 is 0 Å². The van der Waals surface area contributed by atoms with Crippen LogP contribution in [0.25, 0.3) is 0 Å². The van der Waals surface area contributed by atoms with Gasteiger partial charge >= 0.3 is 0 Å². The molecule has 1 saturated heterocycles. The van der Waals surface area contributed by atoms with E-state index in [0.717, 1.165) is 11.3 Å². The van der Waals surface area contributed by atoms with E-state index in [0.29, 0.717) is 23.6 Å². The van der Waals surface area contributed by atoms with E-state index in [1.807, 2.05) is 43.0 Å². The molecule has 0 spiro atoms. The maximum Gasteiger partial charge on any atom is 0.258 e. The van der Waals surface area contributed by atoms with E-state index in [4.69, 9.17) is 15.2 Å². The number of hydrogen-bond acceptors (Lipinski definition) is 4. The molecule has 0 aliphatic carbocycles. The van der Waals surface area contributed by atoms with Crippen LogP contribution in [0.1, 0.15) is 35.8 Å². The van der Waals surface area contributed by atoms with E-state index >= 15 is 0 Å².